The van der Waals surface area contributed by atoms with Crippen LogP contribution >= 0.6 is 11.6 Å². The van der Waals surface area contributed by atoms with Crippen molar-refractivity contribution in [2.45, 2.75) is 58.5 Å². The van der Waals surface area contributed by atoms with Gasteiger partial charge in [-0.1, -0.05) is 68.8 Å². The van der Waals surface area contributed by atoms with Crippen LogP contribution < -0.4 is 5.32 Å². The van der Waals surface area contributed by atoms with Gasteiger partial charge in [0.2, 0.25) is 5.91 Å². The molecule has 0 spiro atoms. The molecule has 0 unspecified atom stereocenters. The Morgan fingerprint density at radius 1 is 1.07 bits per heavy atom. The summed E-state index contributed by atoms with van der Waals surface area (Å²) in [6.07, 6.45) is 1.82. The van der Waals surface area contributed by atoms with Crippen molar-refractivity contribution in [3.8, 4) is 0 Å². The lowest BCUT2D eigenvalue weighted by atomic mass is 9.86. The molecule has 4 heteroatoms. The molecule has 156 valence electrons. The van der Waals surface area contributed by atoms with Gasteiger partial charge in [0.1, 0.15) is 0 Å². The average molecular weight is 413 g/mol. The smallest absolute Gasteiger partial charge is 0.223 e. The Labute approximate surface area is 180 Å². The number of carbonyl (C=O) groups is 1. The van der Waals surface area contributed by atoms with Gasteiger partial charge in [0.25, 0.3) is 0 Å². The molecule has 1 N–H and O–H groups in total. The van der Waals surface area contributed by atoms with E-state index in [1.165, 1.54) is 11.1 Å². The van der Waals surface area contributed by atoms with E-state index < -0.39 is 0 Å². The van der Waals surface area contributed by atoms with Gasteiger partial charge in [-0.2, -0.15) is 0 Å². The zero-order chi connectivity index (χ0) is 21.0. The molecule has 1 saturated heterocycles. The standard InChI is InChI=1S/C25H33ClN2O/c1-18(20-7-9-22(10-8-20)25(2,3)4)27-24(29)21-13-15-28(16-14-21)17-19-5-11-23(26)12-6-19/h5-12,18,21H,13-17H2,1-4H3,(H,27,29)/t18-/m0/s1. The van der Waals surface area contributed by atoms with Crippen LogP contribution in [0.15, 0.2) is 48.5 Å². The molecule has 2 aromatic carbocycles. The lowest BCUT2D eigenvalue weighted by Crippen LogP contribution is -2.40. The lowest BCUT2D eigenvalue weighted by Gasteiger charge is -2.32. The average Bonchev–Trinajstić information content (AvgIpc) is 2.69. The summed E-state index contributed by atoms with van der Waals surface area (Å²) in [6, 6.07) is 16.7. The minimum atomic E-state index is 0.0311. The number of nitrogens with zero attached hydrogens (tertiary/aromatic N) is 1. The van der Waals surface area contributed by atoms with Gasteiger partial charge in [-0.15, -0.1) is 0 Å². The highest BCUT2D eigenvalue weighted by atomic mass is 35.5. The number of rotatable bonds is 5. The van der Waals surface area contributed by atoms with Crippen LogP contribution in [0.5, 0.6) is 0 Å². The molecule has 1 amide bonds. The number of amides is 1. The molecule has 3 rings (SSSR count). The van der Waals surface area contributed by atoms with Crippen molar-refractivity contribution in [2.24, 2.45) is 5.92 Å². The number of nitrogens with one attached hydrogen (secondary N) is 1. The Kier molecular flexibility index (Phi) is 7.02. The van der Waals surface area contributed by atoms with Gasteiger partial charge in [-0.05, 0) is 67.1 Å². The highest BCUT2D eigenvalue weighted by Crippen LogP contribution is 2.25. The zero-order valence-electron chi connectivity index (χ0n) is 18.0. The molecule has 1 fully saturated rings. The van der Waals surface area contributed by atoms with Gasteiger partial charge < -0.3 is 5.32 Å². The Morgan fingerprint density at radius 2 is 1.66 bits per heavy atom. The number of hydrogen-bond acceptors (Lipinski definition) is 2. The van der Waals surface area contributed by atoms with E-state index >= 15 is 0 Å². The van der Waals surface area contributed by atoms with Crippen LogP contribution in [-0.2, 0) is 16.8 Å². The van der Waals surface area contributed by atoms with Crippen molar-refractivity contribution < 1.29 is 4.79 Å². The molecule has 1 aliphatic rings. The highest BCUT2D eigenvalue weighted by Gasteiger charge is 2.26. The quantitative estimate of drug-likeness (QED) is 0.680. The molecular weight excluding hydrogens is 380 g/mol. The van der Waals surface area contributed by atoms with Gasteiger partial charge in [0, 0.05) is 17.5 Å². The summed E-state index contributed by atoms with van der Waals surface area (Å²) < 4.78 is 0. The Balaban J connectivity index is 1.48. The summed E-state index contributed by atoms with van der Waals surface area (Å²) in [7, 11) is 0. The maximum atomic E-state index is 12.8. The topological polar surface area (TPSA) is 32.3 Å². The maximum absolute atomic E-state index is 12.8. The van der Waals surface area contributed by atoms with Crippen molar-refractivity contribution in [3.05, 3.63) is 70.2 Å². The number of piperidine rings is 1. The molecule has 1 atom stereocenters. The molecule has 0 radical (unpaired) electrons. The van der Waals surface area contributed by atoms with Crippen LogP contribution in [0.1, 0.15) is 63.3 Å². The molecule has 29 heavy (non-hydrogen) atoms. The first-order valence-corrected chi connectivity index (χ1v) is 11.0. The van der Waals surface area contributed by atoms with Crippen LogP contribution in [0.2, 0.25) is 5.02 Å². The molecule has 0 saturated carbocycles. The maximum Gasteiger partial charge on any atom is 0.223 e. The molecule has 2 aromatic rings. The third-order valence-electron chi connectivity index (χ3n) is 5.91. The largest absolute Gasteiger partial charge is 0.349 e. The highest BCUT2D eigenvalue weighted by molar-refractivity contribution is 6.30. The molecular formula is C25H33ClN2O. The van der Waals surface area contributed by atoms with E-state index in [9.17, 15) is 4.79 Å². The predicted molar refractivity (Wildman–Crippen MR) is 121 cm³/mol. The predicted octanol–water partition coefficient (Wildman–Crippen LogP) is 5.73. The SMILES string of the molecule is C[C@H](NC(=O)C1CCN(Cc2ccc(Cl)cc2)CC1)c1ccc(C(C)(C)C)cc1. The minimum Gasteiger partial charge on any atom is -0.349 e. The summed E-state index contributed by atoms with van der Waals surface area (Å²) >= 11 is 5.96. The third kappa shape index (κ3) is 6.07. The summed E-state index contributed by atoms with van der Waals surface area (Å²) in [6.45, 7) is 11.5. The van der Waals surface area contributed by atoms with Gasteiger partial charge in [0.15, 0.2) is 0 Å². The second kappa shape index (κ2) is 9.32. The van der Waals surface area contributed by atoms with Crippen LogP contribution in [0.4, 0.5) is 0 Å². The number of carbonyl (C=O) groups excluding carboxylic acids is 1. The molecule has 0 aromatic heterocycles. The fraction of sp³-hybridized carbons (Fsp3) is 0.480. The van der Waals surface area contributed by atoms with E-state index in [0.717, 1.165) is 43.1 Å². The van der Waals surface area contributed by atoms with Crippen molar-refractivity contribution in [2.75, 3.05) is 13.1 Å². The van der Waals surface area contributed by atoms with Crippen LogP contribution in [0.25, 0.3) is 0 Å². The normalized spacial score (nSPS) is 17.1. The Hall–Kier alpha value is -1.84. The van der Waals surface area contributed by atoms with E-state index in [0.29, 0.717) is 0 Å². The monoisotopic (exact) mass is 412 g/mol. The van der Waals surface area contributed by atoms with Crippen molar-refractivity contribution in [1.82, 2.24) is 10.2 Å². The van der Waals surface area contributed by atoms with Crippen molar-refractivity contribution in [3.63, 3.8) is 0 Å². The Bertz CT molecular complexity index is 800. The Morgan fingerprint density at radius 3 is 2.21 bits per heavy atom. The third-order valence-corrected chi connectivity index (χ3v) is 6.17. The van der Waals surface area contributed by atoms with Crippen molar-refractivity contribution >= 4 is 17.5 Å². The summed E-state index contributed by atoms with van der Waals surface area (Å²) in [4.78, 5) is 15.2. The van der Waals surface area contributed by atoms with E-state index in [1.54, 1.807) is 0 Å². The zero-order valence-corrected chi connectivity index (χ0v) is 18.8. The van der Waals surface area contributed by atoms with Crippen LogP contribution in [0.3, 0.4) is 0 Å². The first-order valence-electron chi connectivity index (χ1n) is 10.6. The van der Waals surface area contributed by atoms with Gasteiger partial charge >= 0.3 is 0 Å². The van der Waals surface area contributed by atoms with Gasteiger partial charge in [-0.3, -0.25) is 9.69 Å². The fourth-order valence-electron chi connectivity index (χ4n) is 3.89. The summed E-state index contributed by atoms with van der Waals surface area (Å²) in [5, 5.41) is 3.99. The number of likely N-dealkylation sites (tertiary alicyclic amines) is 1. The van der Waals surface area contributed by atoms with E-state index in [-0.39, 0.29) is 23.3 Å². The number of halogens is 1. The van der Waals surface area contributed by atoms with Crippen LogP contribution in [0, 0.1) is 5.92 Å². The van der Waals surface area contributed by atoms with E-state index in [2.05, 4.69) is 74.3 Å². The fourth-order valence-corrected chi connectivity index (χ4v) is 4.01. The second-order valence-electron chi connectivity index (χ2n) is 9.28. The minimum absolute atomic E-state index is 0.0311. The second-order valence-corrected chi connectivity index (χ2v) is 9.72. The first kappa shape index (κ1) is 21.9. The molecule has 3 nitrogen and oxygen atoms in total. The van der Waals surface area contributed by atoms with Crippen molar-refractivity contribution in [1.29, 1.82) is 0 Å². The van der Waals surface area contributed by atoms with Gasteiger partial charge in [0.05, 0.1) is 6.04 Å². The van der Waals surface area contributed by atoms with Gasteiger partial charge in [-0.25, -0.2) is 0 Å². The van der Waals surface area contributed by atoms with E-state index in [1.807, 2.05) is 12.1 Å². The summed E-state index contributed by atoms with van der Waals surface area (Å²) in [5.74, 6) is 0.288. The van der Waals surface area contributed by atoms with E-state index in [4.69, 9.17) is 11.6 Å². The molecule has 1 aliphatic heterocycles. The number of hydrogen-bond donors (Lipinski definition) is 1. The first-order chi connectivity index (χ1) is 13.7. The lowest BCUT2D eigenvalue weighted by molar-refractivity contribution is -0.127. The molecule has 1 heterocycles. The number of benzene rings is 2. The molecule has 0 bridgehead atoms. The summed E-state index contributed by atoms with van der Waals surface area (Å²) in [5.41, 5.74) is 3.88. The van der Waals surface area contributed by atoms with Crippen LogP contribution in [-0.4, -0.2) is 23.9 Å². The molecule has 0 aliphatic carbocycles.